The molecule has 4 unspecified atom stereocenters. The van der Waals surface area contributed by atoms with E-state index in [1.807, 2.05) is 19.1 Å². The highest BCUT2D eigenvalue weighted by atomic mass is 16.2. The summed E-state index contributed by atoms with van der Waals surface area (Å²) in [7, 11) is 0. The van der Waals surface area contributed by atoms with Crippen LogP contribution in [0.2, 0.25) is 0 Å². The zero-order valence-electron chi connectivity index (χ0n) is 21.7. The van der Waals surface area contributed by atoms with Crippen LogP contribution in [0, 0.1) is 34.5 Å². The summed E-state index contributed by atoms with van der Waals surface area (Å²) in [6, 6.07) is 0.572. The molecule has 1 aliphatic heterocycles. The van der Waals surface area contributed by atoms with Gasteiger partial charge in [-0.25, -0.2) is 0 Å². The highest BCUT2D eigenvalue weighted by molar-refractivity contribution is 5.91. The fourth-order valence-electron chi connectivity index (χ4n) is 3.05. The lowest BCUT2D eigenvalue weighted by Crippen LogP contribution is -2.52. The third-order valence-electron chi connectivity index (χ3n) is 5.00. The summed E-state index contributed by atoms with van der Waals surface area (Å²) in [5, 5.41) is 19.9. The van der Waals surface area contributed by atoms with Gasteiger partial charge >= 0.3 is 0 Å². The third kappa shape index (κ3) is 13.6. The minimum absolute atomic E-state index is 0.0209. The van der Waals surface area contributed by atoms with Crippen molar-refractivity contribution in [3.63, 3.8) is 0 Å². The molecule has 4 atom stereocenters. The second-order valence-electron chi connectivity index (χ2n) is 10.4. The third-order valence-corrected chi connectivity index (χ3v) is 5.00. The van der Waals surface area contributed by atoms with Gasteiger partial charge in [-0.15, -0.1) is 0 Å². The van der Waals surface area contributed by atoms with Crippen LogP contribution in [-0.2, 0) is 19.2 Å². The van der Waals surface area contributed by atoms with E-state index < -0.39 is 29.3 Å². The number of nitriles is 1. The van der Waals surface area contributed by atoms with Gasteiger partial charge in [0.15, 0.2) is 0 Å². The molecule has 0 saturated carbocycles. The second kappa shape index (κ2) is 15.9. The SMILES string of the molecule is CC(C)C.CC1CC(C#N)NC(=O)CNC(=O)C(NC(=O)C(C)(C)C)CC/C=C/C1CNC=O. The van der Waals surface area contributed by atoms with Crippen molar-refractivity contribution in [1.82, 2.24) is 21.3 Å². The van der Waals surface area contributed by atoms with Gasteiger partial charge in [0.2, 0.25) is 24.1 Å². The molecule has 9 nitrogen and oxygen atoms in total. The zero-order chi connectivity index (χ0) is 26.3. The van der Waals surface area contributed by atoms with Crippen molar-refractivity contribution in [2.45, 2.75) is 79.8 Å². The van der Waals surface area contributed by atoms with Gasteiger partial charge in [-0.3, -0.25) is 19.2 Å². The van der Waals surface area contributed by atoms with Gasteiger partial charge in [0.1, 0.15) is 12.1 Å². The maximum atomic E-state index is 12.6. The number of nitrogens with zero attached hydrogens (tertiary/aromatic N) is 1. The summed E-state index contributed by atoms with van der Waals surface area (Å²) in [4.78, 5) is 47.8. The Morgan fingerprint density at radius 3 is 2.44 bits per heavy atom. The molecule has 4 N–H and O–H groups in total. The highest BCUT2D eigenvalue weighted by Crippen LogP contribution is 2.20. The quantitative estimate of drug-likeness (QED) is 0.362. The molecule has 34 heavy (non-hydrogen) atoms. The molecule has 0 aromatic carbocycles. The summed E-state index contributed by atoms with van der Waals surface area (Å²) in [6.45, 7) is 13.8. The Hall–Kier alpha value is -2.89. The number of nitrogens with one attached hydrogen (secondary N) is 4. The lowest BCUT2D eigenvalue weighted by molar-refractivity contribution is -0.134. The Labute approximate surface area is 204 Å². The first-order valence-electron chi connectivity index (χ1n) is 11.9. The fourth-order valence-corrected chi connectivity index (χ4v) is 3.05. The Kier molecular flexibility index (Phi) is 14.5. The minimum Gasteiger partial charge on any atom is -0.358 e. The van der Waals surface area contributed by atoms with Crippen molar-refractivity contribution in [3.05, 3.63) is 12.2 Å². The van der Waals surface area contributed by atoms with Crippen molar-refractivity contribution >= 4 is 24.1 Å². The van der Waals surface area contributed by atoms with Crippen LogP contribution in [0.4, 0.5) is 0 Å². The van der Waals surface area contributed by atoms with E-state index in [2.05, 4.69) is 48.1 Å². The highest BCUT2D eigenvalue weighted by Gasteiger charge is 2.28. The zero-order valence-corrected chi connectivity index (χ0v) is 21.7. The standard InChI is InChI=1S/C21H33N5O4.C4H10/c1-14-9-16(10-22)25-18(28)12-24-19(29)17(26-20(30)21(2,3)4)8-6-5-7-15(14)11-23-13-27;1-4(2)3/h5,7,13-17H,6,8-9,11-12H2,1-4H3,(H,23,27)(H,24,29)(H,25,28)(H,26,30);4H,1-3H3/b7-5+;. The van der Waals surface area contributed by atoms with E-state index in [0.29, 0.717) is 32.2 Å². The molecule has 1 rings (SSSR count). The molecule has 0 aliphatic carbocycles. The van der Waals surface area contributed by atoms with E-state index >= 15 is 0 Å². The van der Waals surface area contributed by atoms with E-state index in [9.17, 15) is 24.4 Å². The van der Waals surface area contributed by atoms with Gasteiger partial charge in [0.25, 0.3) is 0 Å². The number of hydrogen-bond donors (Lipinski definition) is 4. The van der Waals surface area contributed by atoms with Crippen LogP contribution < -0.4 is 21.3 Å². The normalized spacial score (nSPS) is 25.3. The van der Waals surface area contributed by atoms with Gasteiger partial charge in [-0.2, -0.15) is 5.26 Å². The molecule has 0 spiro atoms. The minimum atomic E-state index is -0.784. The van der Waals surface area contributed by atoms with E-state index in [1.54, 1.807) is 20.8 Å². The van der Waals surface area contributed by atoms with Crippen molar-refractivity contribution < 1.29 is 19.2 Å². The number of hydrogen-bond acceptors (Lipinski definition) is 5. The van der Waals surface area contributed by atoms with Crippen LogP contribution in [-0.4, -0.2) is 49.3 Å². The van der Waals surface area contributed by atoms with Gasteiger partial charge in [-0.1, -0.05) is 60.6 Å². The Morgan fingerprint density at radius 1 is 1.29 bits per heavy atom. The molecule has 1 heterocycles. The fraction of sp³-hybridized carbons (Fsp3) is 0.720. The average Bonchev–Trinajstić information content (AvgIpc) is 2.73. The monoisotopic (exact) mass is 477 g/mol. The summed E-state index contributed by atoms with van der Waals surface area (Å²) < 4.78 is 0. The second-order valence-corrected chi connectivity index (χ2v) is 10.4. The summed E-state index contributed by atoms with van der Waals surface area (Å²) in [5.74, 6) is -0.370. The van der Waals surface area contributed by atoms with Gasteiger partial charge in [0.05, 0.1) is 12.6 Å². The number of rotatable bonds is 4. The Bertz CT molecular complexity index is 734. The van der Waals surface area contributed by atoms with Crippen LogP contribution >= 0.6 is 0 Å². The lowest BCUT2D eigenvalue weighted by Gasteiger charge is -2.25. The van der Waals surface area contributed by atoms with Crippen molar-refractivity contribution in [2.75, 3.05) is 13.1 Å². The van der Waals surface area contributed by atoms with Gasteiger partial charge < -0.3 is 21.3 Å². The van der Waals surface area contributed by atoms with E-state index in [1.165, 1.54) is 0 Å². The maximum absolute atomic E-state index is 12.6. The molecule has 0 aromatic rings. The number of carbonyl (C=O) groups is 4. The molecule has 0 bridgehead atoms. The van der Waals surface area contributed by atoms with Crippen LogP contribution in [0.5, 0.6) is 0 Å². The predicted octanol–water partition coefficient (Wildman–Crippen LogP) is 2.04. The first-order chi connectivity index (χ1) is 15.8. The van der Waals surface area contributed by atoms with E-state index in [0.717, 1.165) is 5.92 Å². The molecule has 9 heteroatoms. The molecule has 0 radical (unpaired) electrons. The number of amides is 4. The number of allylic oxidation sites excluding steroid dienone is 1. The molecule has 0 fully saturated rings. The van der Waals surface area contributed by atoms with Crippen LogP contribution in [0.15, 0.2) is 12.2 Å². The Morgan fingerprint density at radius 2 is 1.91 bits per heavy atom. The largest absolute Gasteiger partial charge is 0.358 e. The van der Waals surface area contributed by atoms with Crippen LogP contribution in [0.3, 0.4) is 0 Å². The van der Waals surface area contributed by atoms with Crippen LogP contribution in [0.25, 0.3) is 0 Å². The van der Waals surface area contributed by atoms with Crippen molar-refractivity contribution in [3.8, 4) is 6.07 Å². The summed E-state index contributed by atoms with van der Waals surface area (Å²) >= 11 is 0. The molecule has 4 amide bonds. The molecule has 0 saturated heterocycles. The van der Waals surface area contributed by atoms with Gasteiger partial charge in [0, 0.05) is 12.0 Å². The molecule has 1 aliphatic rings. The molecular weight excluding hydrogens is 434 g/mol. The molecule has 192 valence electrons. The average molecular weight is 478 g/mol. The first kappa shape index (κ1) is 31.1. The van der Waals surface area contributed by atoms with E-state index in [4.69, 9.17) is 0 Å². The Balaban J connectivity index is 0.00000251. The first-order valence-corrected chi connectivity index (χ1v) is 11.9. The predicted molar refractivity (Wildman–Crippen MR) is 132 cm³/mol. The summed E-state index contributed by atoms with van der Waals surface area (Å²) in [6.07, 6.45) is 5.80. The molecular formula is C25H43N5O4. The summed E-state index contributed by atoms with van der Waals surface area (Å²) in [5.41, 5.74) is -0.659. The smallest absolute Gasteiger partial charge is 0.243 e. The van der Waals surface area contributed by atoms with Crippen LogP contribution in [0.1, 0.15) is 67.7 Å². The maximum Gasteiger partial charge on any atom is 0.243 e. The van der Waals surface area contributed by atoms with Crippen molar-refractivity contribution in [2.24, 2.45) is 23.2 Å². The topological polar surface area (TPSA) is 140 Å². The lowest BCUT2D eigenvalue weighted by atomic mass is 9.87. The van der Waals surface area contributed by atoms with E-state index in [-0.39, 0.29) is 24.3 Å². The van der Waals surface area contributed by atoms with Gasteiger partial charge in [-0.05, 0) is 37.0 Å². The number of carbonyl (C=O) groups excluding carboxylic acids is 4. The molecule has 0 aromatic heterocycles. The van der Waals surface area contributed by atoms with Crippen molar-refractivity contribution in [1.29, 1.82) is 5.26 Å².